The molecular formula is C29H37N3O5S. The van der Waals surface area contributed by atoms with Crippen molar-refractivity contribution in [3.8, 4) is 5.75 Å². The van der Waals surface area contributed by atoms with E-state index in [0.717, 1.165) is 27.1 Å². The van der Waals surface area contributed by atoms with E-state index in [0.29, 0.717) is 12.2 Å². The van der Waals surface area contributed by atoms with Crippen molar-refractivity contribution < 1.29 is 22.7 Å². The number of hydrogen-bond donors (Lipinski definition) is 1. The highest BCUT2D eigenvalue weighted by atomic mass is 32.2. The van der Waals surface area contributed by atoms with Gasteiger partial charge in [0.25, 0.3) is 0 Å². The molecule has 0 saturated carbocycles. The Morgan fingerprint density at radius 3 is 2.21 bits per heavy atom. The van der Waals surface area contributed by atoms with Gasteiger partial charge in [0.15, 0.2) is 0 Å². The monoisotopic (exact) mass is 539 g/mol. The van der Waals surface area contributed by atoms with Crippen molar-refractivity contribution in [1.82, 2.24) is 14.5 Å². The number of sulfonamides is 1. The van der Waals surface area contributed by atoms with Gasteiger partial charge < -0.3 is 15.0 Å². The highest BCUT2D eigenvalue weighted by molar-refractivity contribution is 7.89. The SMILES string of the molecule is CC[C@@H](C)NC(=O)[C@@H](CC)N(Cc1ccc(OC)cc1)C(=O)CN(C)S(=O)(=O)c1ccc2ccccc2c1. The number of nitrogens with zero attached hydrogens (tertiary/aromatic N) is 2. The van der Waals surface area contributed by atoms with Gasteiger partial charge in [0.05, 0.1) is 18.6 Å². The summed E-state index contributed by atoms with van der Waals surface area (Å²) in [6.45, 7) is 5.46. The number of fused-ring (bicyclic) bond motifs is 1. The number of carbonyl (C=O) groups is 2. The molecule has 0 aliphatic carbocycles. The molecule has 0 aliphatic heterocycles. The third kappa shape index (κ3) is 6.90. The zero-order chi connectivity index (χ0) is 27.9. The molecule has 0 unspecified atom stereocenters. The number of ether oxygens (including phenoxy) is 1. The molecule has 3 aromatic carbocycles. The van der Waals surface area contributed by atoms with Gasteiger partial charge in [-0.25, -0.2) is 8.42 Å². The minimum atomic E-state index is -3.95. The fourth-order valence-corrected chi connectivity index (χ4v) is 5.32. The van der Waals surface area contributed by atoms with Gasteiger partial charge in [-0.05, 0) is 60.4 Å². The number of likely N-dealkylation sites (N-methyl/N-ethyl adjacent to an activating group) is 1. The quantitative estimate of drug-likeness (QED) is 0.372. The van der Waals surface area contributed by atoms with Gasteiger partial charge >= 0.3 is 0 Å². The molecule has 2 atom stereocenters. The number of nitrogens with one attached hydrogen (secondary N) is 1. The van der Waals surface area contributed by atoms with Crippen molar-refractivity contribution in [3.63, 3.8) is 0 Å². The minimum absolute atomic E-state index is 0.0505. The molecule has 0 aromatic heterocycles. The molecule has 0 saturated heterocycles. The van der Waals surface area contributed by atoms with Crippen molar-refractivity contribution in [3.05, 3.63) is 72.3 Å². The summed E-state index contributed by atoms with van der Waals surface area (Å²) < 4.78 is 33.0. The van der Waals surface area contributed by atoms with Crippen molar-refractivity contribution in [1.29, 1.82) is 0 Å². The maximum absolute atomic E-state index is 13.6. The lowest BCUT2D eigenvalue weighted by molar-refractivity contribution is -0.141. The lowest BCUT2D eigenvalue weighted by Gasteiger charge is -2.32. The van der Waals surface area contributed by atoms with E-state index < -0.39 is 28.5 Å². The van der Waals surface area contributed by atoms with Crippen LogP contribution < -0.4 is 10.1 Å². The standard InChI is InChI=1S/C29H37N3O5S/c1-6-21(3)30-29(34)27(7-2)32(19-22-12-15-25(37-5)16-13-22)28(33)20-31(4)38(35,36)26-17-14-23-10-8-9-11-24(23)18-26/h8-18,21,27H,6-7,19-20H2,1-5H3,(H,30,34)/t21-,27-/m1/s1. The first-order valence-corrected chi connectivity index (χ1v) is 14.2. The third-order valence-electron chi connectivity index (χ3n) is 6.69. The normalized spacial score (nSPS) is 13.2. The van der Waals surface area contributed by atoms with E-state index in [1.54, 1.807) is 37.4 Å². The lowest BCUT2D eigenvalue weighted by atomic mass is 10.1. The Morgan fingerprint density at radius 2 is 1.61 bits per heavy atom. The maximum Gasteiger partial charge on any atom is 0.243 e. The van der Waals surface area contributed by atoms with Crippen LogP contribution in [0.5, 0.6) is 5.75 Å². The second-order valence-electron chi connectivity index (χ2n) is 9.38. The lowest BCUT2D eigenvalue weighted by Crippen LogP contribution is -2.53. The Labute approximate surface area is 225 Å². The number of methoxy groups -OCH3 is 1. The predicted molar refractivity (Wildman–Crippen MR) is 149 cm³/mol. The smallest absolute Gasteiger partial charge is 0.243 e. The van der Waals surface area contributed by atoms with E-state index in [1.807, 2.05) is 57.2 Å². The van der Waals surface area contributed by atoms with E-state index >= 15 is 0 Å². The molecule has 38 heavy (non-hydrogen) atoms. The number of benzene rings is 3. The Balaban J connectivity index is 1.88. The first-order valence-electron chi connectivity index (χ1n) is 12.8. The fraction of sp³-hybridized carbons (Fsp3) is 0.379. The molecule has 1 N–H and O–H groups in total. The van der Waals surface area contributed by atoms with Crippen LogP contribution in [-0.2, 0) is 26.2 Å². The summed E-state index contributed by atoms with van der Waals surface area (Å²) >= 11 is 0. The highest BCUT2D eigenvalue weighted by Crippen LogP contribution is 2.22. The van der Waals surface area contributed by atoms with E-state index in [1.165, 1.54) is 11.9 Å². The fourth-order valence-electron chi connectivity index (χ4n) is 4.16. The van der Waals surface area contributed by atoms with Crippen LogP contribution in [0.1, 0.15) is 39.2 Å². The van der Waals surface area contributed by atoms with Gasteiger partial charge in [-0.1, -0.05) is 56.3 Å². The second-order valence-corrected chi connectivity index (χ2v) is 11.4. The van der Waals surface area contributed by atoms with Crippen molar-refractivity contribution in [2.24, 2.45) is 0 Å². The molecule has 3 rings (SSSR count). The largest absolute Gasteiger partial charge is 0.497 e. The molecule has 0 spiro atoms. The Kier molecular flexibility index (Phi) is 9.88. The highest BCUT2D eigenvalue weighted by Gasteiger charge is 2.32. The van der Waals surface area contributed by atoms with Crippen molar-refractivity contribution >= 4 is 32.6 Å². The first-order chi connectivity index (χ1) is 18.1. The van der Waals surface area contributed by atoms with E-state index in [-0.39, 0.29) is 23.4 Å². The zero-order valence-corrected chi connectivity index (χ0v) is 23.5. The summed E-state index contributed by atoms with van der Waals surface area (Å²) in [7, 11) is -0.992. The molecule has 0 aliphatic rings. The van der Waals surface area contributed by atoms with Gasteiger partial charge in [0.2, 0.25) is 21.8 Å². The molecule has 0 radical (unpaired) electrons. The van der Waals surface area contributed by atoms with Gasteiger partial charge in [-0.2, -0.15) is 4.31 Å². The molecule has 204 valence electrons. The summed E-state index contributed by atoms with van der Waals surface area (Å²) in [5.41, 5.74) is 0.800. The van der Waals surface area contributed by atoms with Gasteiger partial charge in [-0.3, -0.25) is 9.59 Å². The van der Waals surface area contributed by atoms with Crippen LogP contribution in [0.2, 0.25) is 0 Å². The average molecular weight is 540 g/mol. The second kappa shape index (κ2) is 12.9. The van der Waals surface area contributed by atoms with Gasteiger partial charge in [-0.15, -0.1) is 0 Å². The topological polar surface area (TPSA) is 96.0 Å². The van der Waals surface area contributed by atoms with Crippen LogP contribution in [0.25, 0.3) is 10.8 Å². The Hall–Kier alpha value is -3.43. The first kappa shape index (κ1) is 29.1. The molecule has 0 fully saturated rings. The molecule has 8 nitrogen and oxygen atoms in total. The molecule has 9 heteroatoms. The predicted octanol–water partition coefficient (Wildman–Crippen LogP) is 4.19. The van der Waals surface area contributed by atoms with Crippen molar-refractivity contribution in [2.45, 2.75) is 57.1 Å². The number of amides is 2. The molecule has 2 amide bonds. The molecular weight excluding hydrogens is 502 g/mol. The van der Waals surface area contributed by atoms with Crippen LogP contribution in [0.4, 0.5) is 0 Å². The van der Waals surface area contributed by atoms with E-state index in [2.05, 4.69) is 5.32 Å². The number of carbonyl (C=O) groups excluding carboxylic acids is 2. The molecule has 3 aromatic rings. The summed E-state index contributed by atoms with van der Waals surface area (Å²) in [4.78, 5) is 28.4. The van der Waals surface area contributed by atoms with Crippen LogP contribution in [0.3, 0.4) is 0 Å². The average Bonchev–Trinajstić information content (AvgIpc) is 2.92. The molecule has 0 heterocycles. The summed E-state index contributed by atoms with van der Waals surface area (Å²) in [6, 6.07) is 18.8. The minimum Gasteiger partial charge on any atom is -0.497 e. The maximum atomic E-state index is 13.6. The summed E-state index contributed by atoms with van der Waals surface area (Å²) in [5, 5.41) is 4.68. The number of hydrogen-bond acceptors (Lipinski definition) is 5. The van der Waals surface area contributed by atoms with Crippen LogP contribution in [0, 0.1) is 0 Å². The van der Waals surface area contributed by atoms with Crippen LogP contribution in [0.15, 0.2) is 71.6 Å². The van der Waals surface area contributed by atoms with E-state index in [9.17, 15) is 18.0 Å². The van der Waals surface area contributed by atoms with Crippen LogP contribution >= 0.6 is 0 Å². The Morgan fingerprint density at radius 1 is 0.947 bits per heavy atom. The third-order valence-corrected chi connectivity index (χ3v) is 8.49. The zero-order valence-electron chi connectivity index (χ0n) is 22.7. The summed E-state index contributed by atoms with van der Waals surface area (Å²) in [6.07, 6.45) is 1.13. The van der Waals surface area contributed by atoms with Gasteiger partial charge in [0.1, 0.15) is 11.8 Å². The van der Waals surface area contributed by atoms with E-state index in [4.69, 9.17) is 4.74 Å². The molecule has 0 bridgehead atoms. The van der Waals surface area contributed by atoms with Crippen molar-refractivity contribution in [2.75, 3.05) is 20.7 Å². The summed E-state index contributed by atoms with van der Waals surface area (Å²) in [5.74, 6) is -0.0445. The number of rotatable bonds is 12. The van der Waals surface area contributed by atoms with Crippen LogP contribution in [-0.4, -0.2) is 62.2 Å². The van der Waals surface area contributed by atoms with Gasteiger partial charge in [0, 0.05) is 19.6 Å². The Bertz CT molecular complexity index is 1360.